The van der Waals surface area contributed by atoms with Crippen LogP contribution < -0.4 is 10.6 Å². The molecule has 2 amide bonds. The minimum atomic E-state index is -1.03. The van der Waals surface area contributed by atoms with E-state index in [0.717, 1.165) is 12.8 Å². The maximum Gasteiger partial charge on any atom is 0.326 e. The molecule has 1 aliphatic carbocycles. The highest BCUT2D eigenvalue weighted by Crippen LogP contribution is 2.18. The van der Waals surface area contributed by atoms with Gasteiger partial charge in [-0.3, -0.25) is 9.59 Å². The summed E-state index contributed by atoms with van der Waals surface area (Å²) in [6.07, 6.45) is 3.38. The number of rotatable bonds is 10. The summed E-state index contributed by atoms with van der Waals surface area (Å²) < 4.78 is 0. The Bertz CT molecular complexity index is 307. The van der Waals surface area contributed by atoms with Crippen LogP contribution in [0.5, 0.6) is 0 Å². The molecule has 0 saturated heterocycles. The Labute approximate surface area is 110 Å². The van der Waals surface area contributed by atoms with Crippen molar-refractivity contribution in [3.8, 4) is 0 Å². The normalized spacial score (nSPS) is 15.8. The highest BCUT2D eigenvalue weighted by molar-refractivity contribution is 7.99. The van der Waals surface area contributed by atoms with E-state index in [4.69, 9.17) is 5.11 Å². The summed E-state index contributed by atoms with van der Waals surface area (Å²) >= 11 is 1.52. The van der Waals surface area contributed by atoms with E-state index in [1.807, 2.05) is 0 Å². The molecule has 1 unspecified atom stereocenters. The largest absolute Gasteiger partial charge is 0.480 e. The molecule has 0 radical (unpaired) electrons. The van der Waals surface area contributed by atoms with Crippen LogP contribution in [0, 0.1) is 0 Å². The van der Waals surface area contributed by atoms with Gasteiger partial charge in [-0.1, -0.05) is 0 Å². The Morgan fingerprint density at radius 2 is 2.11 bits per heavy atom. The molecule has 0 bridgehead atoms. The molecule has 1 atom stereocenters. The molecule has 7 heteroatoms. The van der Waals surface area contributed by atoms with Crippen LogP contribution in [-0.4, -0.2) is 47.0 Å². The van der Waals surface area contributed by atoms with Gasteiger partial charge in [0, 0.05) is 18.2 Å². The first-order valence-electron chi connectivity index (χ1n) is 5.93. The van der Waals surface area contributed by atoms with Gasteiger partial charge in [-0.15, -0.1) is 0 Å². The van der Waals surface area contributed by atoms with E-state index in [0.29, 0.717) is 36.8 Å². The van der Waals surface area contributed by atoms with Gasteiger partial charge in [-0.05, 0) is 25.0 Å². The van der Waals surface area contributed by atoms with Gasteiger partial charge >= 0.3 is 5.97 Å². The van der Waals surface area contributed by atoms with Crippen molar-refractivity contribution >= 4 is 30.0 Å². The topological polar surface area (TPSA) is 95.5 Å². The van der Waals surface area contributed by atoms with Gasteiger partial charge < -0.3 is 15.7 Å². The number of thioether (sulfide) groups is 1. The lowest BCUT2D eigenvalue weighted by Gasteiger charge is -2.10. The van der Waals surface area contributed by atoms with Crippen LogP contribution in [0.15, 0.2) is 0 Å². The van der Waals surface area contributed by atoms with Crippen LogP contribution in [0.3, 0.4) is 0 Å². The maximum atomic E-state index is 11.3. The Morgan fingerprint density at radius 3 is 2.67 bits per heavy atom. The van der Waals surface area contributed by atoms with Crippen molar-refractivity contribution < 1.29 is 19.5 Å². The van der Waals surface area contributed by atoms with Crippen molar-refractivity contribution in [1.29, 1.82) is 0 Å². The molecule has 18 heavy (non-hydrogen) atoms. The van der Waals surface area contributed by atoms with Crippen molar-refractivity contribution in [3.63, 3.8) is 0 Å². The third-order valence-electron chi connectivity index (χ3n) is 2.53. The molecule has 1 rings (SSSR count). The van der Waals surface area contributed by atoms with E-state index in [9.17, 15) is 14.4 Å². The number of nitrogens with one attached hydrogen (secondary N) is 2. The Hall–Kier alpha value is -1.24. The van der Waals surface area contributed by atoms with Gasteiger partial charge in [-0.25, -0.2) is 4.79 Å². The predicted octanol–water partition coefficient (Wildman–Crippen LogP) is -0.0224. The highest BCUT2D eigenvalue weighted by Gasteiger charge is 2.22. The van der Waals surface area contributed by atoms with Crippen LogP contribution in [0.1, 0.15) is 25.7 Å². The SMILES string of the molecule is O=CNC(CCSCCC(=O)NC1CC1)C(=O)O. The van der Waals surface area contributed by atoms with E-state index in [2.05, 4.69) is 10.6 Å². The summed E-state index contributed by atoms with van der Waals surface area (Å²) in [6, 6.07) is -0.453. The minimum Gasteiger partial charge on any atom is -0.480 e. The quantitative estimate of drug-likeness (QED) is 0.384. The second-order valence-corrected chi connectivity index (χ2v) is 5.39. The van der Waals surface area contributed by atoms with Gasteiger partial charge in [0.1, 0.15) is 6.04 Å². The van der Waals surface area contributed by atoms with Crippen molar-refractivity contribution in [2.75, 3.05) is 11.5 Å². The average molecular weight is 274 g/mol. The van der Waals surface area contributed by atoms with Crippen LogP contribution >= 0.6 is 11.8 Å². The number of aliphatic carboxylic acids is 1. The third-order valence-corrected chi connectivity index (χ3v) is 3.55. The molecule has 0 aromatic heterocycles. The Morgan fingerprint density at radius 1 is 1.39 bits per heavy atom. The van der Waals surface area contributed by atoms with E-state index < -0.39 is 12.0 Å². The third kappa shape index (κ3) is 6.48. The smallest absolute Gasteiger partial charge is 0.326 e. The molecule has 0 heterocycles. The standard InChI is InChI=1S/C11H18N2O4S/c14-7-12-9(11(16)17)3-5-18-6-4-10(15)13-8-1-2-8/h7-9H,1-6H2,(H,12,14)(H,13,15)(H,16,17). The van der Waals surface area contributed by atoms with Crippen LogP contribution in [-0.2, 0) is 14.4 Å². The van der Waals surface area contributed by atoms with Crippen LogP contribution in [0.25, 0.3) is 0 Å². The van der Waals surface area contributed by atoms with Gasteiger partial charge in [0.25, 0.3) is 0 Å². The monoisotopic (exact) mass is 274 g/mol. The first kappa shape index (κ1) is 14.8. The van der Waals surface area contributed by atoms with Gasteiger partial charge in [-0.2, -0.15) is 11.8 Å². The van der Waals surface area contributed by atoms with Gasteiger partial charge in [0.15, 0.2) is 0 Å². The lowest BCUT2D eigenvalue weighted by atomic mass is 10.2. The maximum absolute atomic E-state index is 11.3. The second-order valence-electron chi connectivity index (χ2n) is 4.17. The van der Waals surface area contributed by atoms with Crippen molar-refractivity contribution in [2.24, 2.45) is 0 Å². The Balaban J connectivity index is 2.00. The molecule has 0 spiro atoms. The zero-order chi connectivity index (χ0) is 13.4. The number of carbonyl (C=O) groups excluding carboxylic acids is 2. The van der Waals surface area contributed by atoms with E-state index in [-0.39, 0.29) is 5.91 Å². The lowest BCUT2D eigenvalue weighted by molar-refractivity contribution is -0.140. The number of carboxylic acids is 1. The van der Waals surface area contributed by atoms with E-state index in [1.165, 1.54) is 11.8 Å². The highest BCUT2D eigenvalue weighted by atomic mass is 32.2. The average Bonchev–Trinajstić information content (AvgIpc) is 3.10. The second kappa shape index (κ2) is 7.97. The summed E-state index contributed by atoms with van der Waals surface area (Å²) in [5, 5.41) is 13.9. The van der Waals surface area contributed by atoms with Gasteiger partial charge in [0.05, 0.1) is 0 Å². The van der Waals surface area contributed by atoms with E-state index >= 15 is 0 Å². The van der Waals surface area contributed by atoms with Crippen molar-refractivity contribution in [1.82, 2.24) is 10.6 Å². The summed E-state index contributed by atoms with van der Waals surface area (Å²) in [6.45, 7) is 0. The zero-order valence-corrected chi connectivity index (χ0v) is 10.9. The first-order valence-corrected chi connectivity index (χ1v) is 7.08. The lowest BCUT2D eigenvalue weighted by Crippen LogP contribution is -2.36. The van der Waals surface area contributed by atoms with Crippen molar-refractivity contribution in [2.45, 2.75) is 37.8 Å². The van der Waals surface area contributed by atoms with Crippen molar-refractivity contribution in [3.05, 3.63) is 0 Å². The minimum absolute atomic E-state index is 0.0609. The van der Waals surface area contributed by atoms with E-state index in [1.54, 1.807) is 0 Å². The molecule has 102 valence electrons. The molecule has 3 N–H and O–H groups in total. The number of carboxylic acid groups (broad SMARTS) is 1. The summed E-state index contributed by atoms with van der Waals surface area (Å²) in [5.41, 5.74) is 0. The predicted molar refractivity (Wildman–Crippen MR) is 68.3 cm³/mol. The van der Waals surface area contributed by atoms with Crippen LogP contribution in [0.4, 0.5) is 0 Å². The van der Waals surface area contributed by atoms with Gasteiger partial charge in [0.2, 0.25) is 12.3 Å². The zero-order valence-electron chi connectivity index (χ0n) is 10.1. The summed E-state index contributed by atoms with van der Waals surface area (Å²) in [4.78, 5) is 32.2. The fourth-order valence-corrected chi connectivity index (χ4v) is 2.29. The molecular weight excluding hydrogens is 256 g/mol. The molecule has 1 fully saturated rings. The molecule has 0 aromatic rings. The number of amides is 2. The number of hydrogen-bond donors (Lipinski definition) is 3. The molecule has 0 aliphatic heterocycles. The number of hydrogen-bond acceptors (Lipinski definition) is 4. The Kier molecular flexibility index (Phi) is 6.56. The summed E-state index contributed by atoms with van der Waals surface area (Å²) in [5.74, 6) is 0.306. The fourth-order valence-electron chi connectivity index (χ4n) is 1.36. The fraction of sp³-hybridized carbons (Fsp3) is 0.727. The first-order chi connectivity index (χ1) is 8.63. The molecular formula is C11H18N2O4S. The molecule has 1 saturated carbocycles. The van der Waals surface area contributed by atoms with Crippen LogP contribution in [0.2, 0.25) is 0 Å². The summed E-state index contributed by atoms with van der Waals surface area (Å²) in [7, 11) is 0. The molecule has 6 nitrogen and oxygen atoms in total. The molecule has 0 aromatic carbocycles. The molecule has 1 aliphatic rings. The number of carbonyl (C=O) groups is 3.